The zero-order valence-corrected chi connectivity index (χ0v) is 13.1. The Bertz CT molecular complexity index is 765. The van der Waals surface area contributed by atoms with Crippen LogP contribution in [-0.4, -0.2) is 25.4 Å². The third-order valence-electron chi connectivity index (χ3n) is 3.28. The minimum absolute atomic E-state index is 0.514. The number of alkyl halides is 1. The van der Waals surface area contributed by atoms with E-state index in [4.69, 9.17) is 23.2 Å². The van der Waals surface area contributed by atoms with Gasteiger partial charge in [0.2, 0.25) is 0 Å². The van der Waals surface area contributed by atoms with E-state index in [1.54, 1.807) is 12.4 Å². The van der Waals surface area contributed by atoms with Crippen molar-refractivity contribution in [2.45, 2.75) is 19.9 Å². The molecular formula is C15H14Cl2N4. The molecule has 0 aliphatic carbocycles. The number of hydrogen-bond acceptors (Lipinski definition) is 3. The summed E-state index contributed by atoms with van der Waals surface area (Å²) in [4.78, 5) is 13.3. The maximum absolute atomic E-state index is 6.23. The number of benzene rings is 1. The molecule has 0 aliphatic rings. The molecule has 108 valence electrons. The first-order valence-electron chi connectivity index (χ1n) is 6.66. The van der Waals surface area contributed by atoms with Crippen LogP contribution in [0.25, 0.3) is 11.0 Å². The Labute approximate surface area is 132 Å². The molecular weight excluding hydrogens is 307 g/mol. The van der Waals surface area contributed by atoms with Crippen LogP contribution in [0, 0.1) is 6.92 Å². The molecule has 3 aromatic rings. The number of para-hydroxylation sites is 1. The Balaban J connectivity index is 2.08. The molecule has 0 atom stereocenters. The van der Waals surface area contributed by atoms with E-state index in [-0.39, 0.29) is 0 Å². The van der Waals surface area contributed by atoms with Crippen LogP contribution in [-0.2, 0) is 13.0 Å². The monoisotopic (exact) mass is 320 g/mol. The Morgan fingerprint density at radius 3 is 2.76 bits per heavy atom. The van der Waals surface area contributed by atoms with Gasteiger partial charge in [0.15, 0.2) is 0 Å². The predicted octanol–water partition coefficient (Wildman–Crippen LogP) is 3.62. The molecule has 2 heterocycles. The maximum Gasteiger partial charge on any atom is 0.111 e. The fraction of sp³-hybridized carbons (Fsp3) is 0.267. The maximum atomic E-state index is 6.23. The molecule has 4 nitrogen and oxygen atoms in total. The number of nitrogens with zero attached hydrogens (tertiary/aromatic N) is 4. The van der Waals surface area contributed by atoms with Gasteiger partial charge in [0.05, 0.1) is 34.7 Å². The molecule has 0 saturated carbocycles. The summed E-state index contributed by atoms with van der Waals surface area (Å²) in [6.07, 6.45) is 4.24. The second-order valence-electron chi connectivity index (χ2n) is 4.81. The van der Waals surface area contributed by atoms with Gasteiger partial charge in [-0.2, -0.15) is 0 Å². The predicted molar refractivity (Wildman–Crippen MR) is 85.0 cm³/mol. The lowest BCUT2D eigenvalue weighted by atomic mass is 10.3. The first-order valence-corrected chi connectivity index (χ1v) is 7.57. The molecule has 0 amide bonds. The van der Waals surface area contributed by atoms with Gasteiger partial charge in [0.1, 0.15) is 11.3 Å². The summed E-state index contributed by atoms with van der Waals surface area (Å²) in [5.41, 5.74) is 3.58. The van der Waals surface area contributed by atoms with Crippen LogP contribution in [0.1, 0.15) is 17.2 Å². The molecule has 2 aromatic heterocycles. The molecule has 3 rings (SSSR count). The fourth-order valence-electron chi connectivity index (χ4n) is 2.28. The van der Waals surface area contributed by atoms with Crippen molar-refractivity contribution in [2.75, 3.05) is 5.88 Å². The van der Waals surface area contributed by atoms with E-state index in [0.29, 0.717) is 23.9 Å². The second-order valence-corrected chi connectivity index (χ2v) is 5.60. The zero-order chi connectivity index (χ0) is 14.8. The third kappa shape index (κ3) is 2.87. The molecule has 0 radical (unpaired) electrons. The first kappa shape index (κ1) is 14.3. The summed E-state index contributed by atoms with van der Waals surface area (Å²) in [5.74, 6) is 1.43. The lowest BCUT2D eigenvalue weighted by molar-refractivity contribution is 0.732. The molecule has 0 unspecified atom stereocenters. The van der Waals surface area contributed by atoms with Gasteiger partial charge in [-0.05, 0) is 19.1 Å². The number of imidazole rings is 1. The molecule has 0 fully saturated rings. The van der Waals surface area contributed by atoms with Crippen molar-refractivity contribution in [3.05, 3.63) is 52.8 Å². The van der Waals surface area contributed by atoms with Gasteiger partial charge in [0.25, 0.3) is 0 Å². The first-order chi connectivity index (χ1) is 10.2. The van der Waals surface area contributed by atoms with Crippen molar-refractivity contribution in [1.82, 2.24) is 19.5 Å². The van der Waals surface area contributed by atoms with Crippen LogP contribution in [0.4, 0.5) is 0 Å². The SMILES string of the molecule is Cc1cnc(Cn2c(CCCl)nc3c(Cl)cccc32)cn1. The van der Waals surface area contributed by atoms with Crippen molar-refractivity contribution >= 4 is 34.2 Å². The van der Waals surface area contributed by atoms with Crippen molar-refractivity contribution in [3.8, 4) is 0 Å². The Morgan fingerprint density at radius 2 is 2.05 bits per heavy atom. The standard InChI is InChI=1S/C15H14Cl2N4/c1-10-7-19-11(8-18-10)9-21-13-4-2-3-12(17)15(13)20-14(21)5-6-16/h2-4,7-8H,5-6,9H2,1H3. The van der Waals surface area contributed by atoms with Crippen LogP contribution in [0.3, 0.4) is 0 Å². The summed E-state index contributed by atoms with van der Waals surface area (Å²) < 4.78 is 2.10. The molecule has 0 saturated heterocycles. The lowest BCUT2D eigenvalue weighted by Gasteiger charge is -2.08. The van der Waals surface area contributed by atoms with E-state index >= 15 is 0 Å². The molecule has 6 heteroatoms. The smallest absolute Gasteiger partial charge is 0.111 e. The zero-order valence-electron chi connectivity index (χ0n) is 11.6. The van der Waals surface area contributed by atoms with Crippen molar-refractivity contribution in [1.29, 1.82) is 0 Å². The average Bonchev–Trinajstić information content (AvgIpc) is 2.82. The van der Waals surface area contributed by atoms with Crippen LogP contribution in [0.2, 0.25) is 5.02 Å². The highest BCUT2D eigenvalue weighted by Crippen LogP contribution is 2.25. The lowest BCUT2D eigenvalue weighted by Crippen LogP contribution is -2.07. The fourth-order valence-corrected chi connectivity index (χ4v) is 2.66. The summed E-state index contributed by atoms with van der Waals surface area (Å²) >= 11 is 12.1. The second kappa shape index (κ2) is 6.00. The quantitative estimate of drug-likeness (QED) is 0.689. The Morgan fingerprint density at radius 1 is 1.19 bits per heavy atom. The molecule has 0 N–H and O–H groups in total. The van der Waals surface area contributed by atoms with E-state index in [1.165, 1.54) is 0 Å². The number of aryl methyl sites for hydroxylation is 2. The van der Waals surface area contributed by atoms with Gasteiger partial charge in [0, 0.05) is 18.5 Å². The Hall–Kier alpha value is -1.65. The summed E-state index contributed by atoms with van der Waals surface area (Å²) in [6.45, 7) is 2.53. The van der Waals surface area contributed by atoms with Crippen LogP contribution in [0.15, 0.2) is 30.6 Å². The van der Waals surface area contributed by atoms with Gasteiger partial charge in [-0.3, -0.25) is 9.97 Å². The van der Waals surface area contributed by atoms with Gasteiger partial charge < -0.3 is 4.57 Å². The van der Waals surface area contributed by atoms with E-state index in [1.807, 2.05) is 25.1 Å². The molecule has 0 spiro atoms. The molecule has 0 aliphatic heterocycles. The highest BCUT2D eigenvalue weighted by atomic mass is 35.5. The minimum atomic E-state index is 0.514. The molecule has 21 heavy (non-hydrogen) atoms. The number of aromatic nitrogens is 4. The van der Waals surface area contributed by atoms with Crippen molar-refractivity contribution in [3.63, 3.8) is 0 Å². The summed E-state index contributed by atoms with van der Waals surface area (Å²) in [5, 5.41) is 0.650. The normalized spacial score (nSPS) is 11.2. The van der Waals surface area contributed by atoms with Crippen LogP contribution >= 0.6 is 23.2 Å². The summed E-state index contributed by atoms with van der Waals surface area (Å²) in [6, 6.07) is 5.78. The minimum Gasteiger partial charge on any atom is -0.322 e. The Kier molecular flexibility index (Phi) is 4.08. The number of halogens is 2. The van der Waals surface area contributed by atoms with Crippen molar-refractivity contribution < 1.29 is 0 Å². The molecule has 1 aromatic carbocycles. The third-order valence-corrected chi connectivity index (χ3v) is 3.78. The van der Waals surface area contributed by atoms with Gasteiger partial charge in [-0.25, -0.2) is 4.98 Å². The van der Waals surface area contributed by atoms with Crippen LogP contribution < -0.4 is 0 Å². The van der Waals surface area contributed by atoms with Crippen molar-refractivity contribution in [2.24, 2.45) is 0 Å². The number of hydrogen-bond donors (Lipinski definition) is 0. The number of fused-ring (bicyclic) bond motifs is 1. The van der Waals surface area contributed by atoms with E-state index in [2.05, 4.69) is 19.5 Å². The van der Waals surface area contributed by atoms with E-state index < -0.39 is 0 Å². The van der Waals surface area contributed by atoms with Gasteiger partial charge in [-0.15, -0.1) is 11.6 Å². The highest BCUT2D eigenvalue weighted by molar-refractivity contribution is 6.34. The number of rotatable bonds is 4. The van der Waals surface area contributed by atoms with Crippen LogP contribution in [0.5, 0.6) is 0 Å². The van der Waals surface area contributed by atoms with E-state index in [9.17, 15) is 0 Å². The average molecular weight is 321 g/mol. The molecule has 0 bridgehead atoms. The van der Waals surface area contributed by atoms with Gasteiger partial charge >= 0.3 is 0 Å². The van der Waals surface area contributed by atoms with E-state index in [0.717, 1.165) is 28.2 Å². The van der Waals surface area contributed by atoms with Gasteiger partial charge in [-0.1, -0.05) is 17.7 Å². The largest absolute Gasteiger partial charge is 0.322 e. The summed E-state index contributed by atoms with van der Waals surface area (Å²) in [7, 11) is 0. The topological polar surface area (TPSA) is 43.6 Å². The highest BCUT2D eigenvalue weighted by Gasteiger charge is 2.13.